The molecule has 2 aliphatic rings. The topological polar surface area (TPSA) is 97.5 Å². The molecule has 0 radical (unpaired) electrons. The molecule has 3 aromatic rings. The molecule has 202 valence electrons. The highest BCUT2D eigenvalue weighted by molar-refractivity contribution is 5.96. The van der Waals surface area contributed by atoms with Crippen LogP contribution < -0.4 is 10.2 Å². The maximum absolute atomic E-state index is 13.5. The maximum Gasteiger partial charge on any atom is 0.254 e. The highest BCUT2D eigenvalue weighted by atomic mass is 16.2. The fourth-order valence-electron chi connectivity index (χ4n) is 5.78. The number of amides is 2. The van der Waals surface area contributed by atoms with Gasteiger partial charge in [0.25, 0.3) is 5.91 Å². The van der Waals surface area contributed by atoms with E-state index in [2.05, 4.69) is 25.2 Å². The highest BCUT2D eigenvalue weighted by Crippen LogP contribution is 2.30. The van der Waals surface area contributed by atoms with E-state index >= 15 is 0 Å². The van der Waals surface area contributed by atoms with Crippen molar-refractivity contribution in [2.24, 2.45) is 5.92 Å². The lowest BCUT2D eigenvalue weighted by Gasteiger charge is -2.36. The van der Waals surface area contributed by atoms with E-state index in [1.165, 1.54) is 51.8 Å². The monoisotopic (exact) mass is 517 g/mol. The average Bonchev–Trinajstić information content (AvgIpc) is 3.44. The first-order valence-corrected chi connectivity index (χ1v) is 14.0. The van der Waals surface area contributed by atoms with Gasteiger partial charge in [0.2, 0.25) is 5.91 Å². The Morgan fingerprint density at radius 3 is 2.68 bits per heavy atom. The van der Waals surface area contributed by atoms with E-state index in [0.717, 1.165) is 61.2 Å². The van der Waals surface area contributed by atoms with Gasteiger partial charge in [0, 0.05) is 63.6 Å². The van der Waals surface area contributed by atoms with Gasteiger partial charge in [-0.15, -0.1) is 0 Å². The predicted molar refractivity (Wildman–Crippen MR) is 150 cm³/mol. The van der Waals surface area contributed by atoms with Crippen molar-refractivity contribution >= 4 is 34.4 Å². The number of rotatable bonds is 9. The third kappa shape index (κ3) is 6.32. The Bertz CT molecular complexity index is 1230. The van der Waals surface area contributed by atoms with Crippen LogP contribution in [0.2, 0.25) is 0 Å². The number of piperazine rings is 1. The third-order valence-corrected chi connectivity index (χ3v) is 7.94. The zero-order valence-corrected chi connectivity index (χ0v) is 22.4. The quantitative estimate of drug-likeness (QED) is 0.446. The molecule has 9 nitrogen and oxygen atoms in total. The van der Waals surface area contributed by atoms with Crippen molar-refractivity contribution in [3.63, 3.8) is 0 Å². The van der Waals surface area contributed by atoms with E-state index in [-0.39, 0.29) is 11.8 Å². The van der Waals surface area contributed by atoms with Crippen LogP contribution in [0.5, 0.6) is 0 Å². The fraction of sp³-hybridized carbons (Fsp3) is 0.517. The number of fused-ring (bicyclic) bond motifs is 1. The summed E-state index contributed by atoms with van der Waals surface area (Å²) in [4.78, 5) is 43.6. The fourth-order valence-corrected chi connectivity index (χ4v) is 5.78. The summed E-state index contributed by atoms with van der Waals surface area (Å²) in [6.45, 7) is 7.01. The molecule has 0 spiro atoms. The van der Waals surface area contributed by atoms with Crippen LogP contribution in [-0.4, -0.2) is 82.4 Å². The molecule has 5 rings (SSSR count). The first-order chi connectivity index (χ1) is 18.6. The summed E-state index contributed by atoms with van der Waals surface area (Å²) >= 11 is 0. The third-order valence-electron chi connectivity index (χ3n) is 7.94. The number of anilines is 2. The second-order valence-electron chi connectivity index (χ2n) is 10.5. The zero-order chi connectivity index (χ0) is 26.3. The Morgan fingerprint density at radius 1 is 1.08 bits per heavy atom. The van der Waals surface area contributed by atoms with Gasteiger partial charge in [-0.3, -0.25) is 14.5 Å². The number of aromatic amines is 1. The van der Waals surface area contributed by atoms with Crippen LogP contribution in [0.1, 0.15) is 55.8 Å². The number of H-pyrrole nitrogens is 1. The Morgan fingerprint density at radius 2 is 1.89 bits per heavy atom. The number of hydrogen-bond acceptors (Lipinski definition) is 6. The first kappa shape index (κ1) is 26.2. The van der Waals surface area contributed by atoms with Crippen LogP contribution in [0.3, 0.4) is 0 Å². The van der Waals surface area contributed by atoms with E-state index in [4.69, 9.17) is 0 Å². The van der Waals surface area contributed by atoms with Crippen molar-refractivity contribution in [1.82, 2.24) is 30.1 Å². The lowest BCUT2D eigenvalue weighted by molar-refractivity contribution is -0.118. The summed E-state index contributed by atoms with van der Waals surface area (Å²) < 4.78 is 0. The average molecular weight is 518 g/mol. The lowest BCUT2D eigenvalue weighted by atomic mass is 9.87. The molecule has 3 heterocycles. The first-order valence-electron chi connectivity index (χ1n) is 14.0. The van der Waals surface area contributed by atoms with Crippen LogP contribution in [-0.2, 0) is 4.79 Å². The van der Waals surface area contributed by atoms with E-state index in [1.807, 2.05) is 46.3 Å². The second-order valence-corrected chi connectivity index (χ2v) is 10.5. The molecule has 0 bridgehead atoms. The SMILES string of the molecule is CC(=O)NCCN(c1cccc(C(=O)N2CCN(CCC3CCCCC3)CC2)c1)c1ncnc2[nH]ccc12. The number of carbonyl (C=O) groups excluding carboxylic acids is 2. The number of hydrogen-bond donors (Lipinski definition) is 2. The number of aromatic nitrogens is 3. The van der Waals surface area contributed by atoms with Crippen molar-refractivity contribution in [3.05, 3.63) is 48.4 Å². The number of benzene rings is 1. The summed E-state index contributed by atoms with van der Waals surface area (Å²) in [5.74, 6) is 1.61. The Kier molecular flexibility index (Phi) is 8.53. The van der Waals surface area contributed by atoms with Crippen molar-refractivity contribution in [2.75, 3.05) is 50.7 Å². The van der Waals surface area contributed by atoms with Gasteiger partial charge in [-0.25, -0.2) is 9.97 Å². The summed E-state index contributed by atoms with van der Waals surface area (Å²) in [7, 11) is 0. The zero-order valence-electron chi connectivity index (χ0n) is 22.4. The molecule has 0 unspecified atom stereocenters. The van der Waals surface area contributed by atoms with Gasteiger partial charge in [0.1, 0.15) is 17.8 Å². The summed E-state index contributed by atoms with van der Waals surface area (Å²) in [5.41, 5.74) is 2.27. The largest absolute Gasteiger partial charge is 0.355 e. The highest BCUT2D eigenvalue weighted by Gasteiger charge is 2.24. The van der Waals surface area contributed by atoms with Gasteiger partial charge in [-0.1, -0.05) is 38.2 Å². The molecule has 2 N–H and O–H groups in total. The van der Waals surface area contributed by atoms with Gasteiger partial charge in [-0.05, 0) is 43.1 Å². The van der Waals surface area contributed by atoms with Crippen LogP contribution in [0.15, 0.2) is 42.9 Å². The van der Waals surface area contributed by atoms with E-state index < -0.39 is 0 Å². The number of nitrogens with one attached hydrogen (secondary N) is 2. The molecule has 2 amide bonds. The normalized spacial score (nSPS) is 17.0. The van der Waals surface area contributed by atoms with Crippen molar-refractivity contribution in [1.29, 1.82) is 0 Å². The predicted octanol–water partition coefficient (Wildman–Crippen LogP) is 3.96. The van der Waals surface area contributed by atoms with Gasteiger partial charge in [-0.2, -0.15) is 0 Å². The minimum absolute atomic E-state index is 0.0649. The van der Waals surface area contributed by atoms with Crippen molar-refractivity contribution in [2.45, 2.75) is 45.4 Å². The Hall–Kier alpha value is -3.46. The van der Waals surface area contributed by atoms with Crippen LogP contribution >= 0.6 is 0 Å². The minimum Gasteiger partial charge on any atom is -0.355 e. The van der Waals surface area contributed by atoms with Crippen molar-refractivity contribution in [3.8, 4) is 0 Å². The number of carbonyl (C=O) groups is 2. The van der Waals surface area contributed by atoms with E-state index in [0.29, 0.717) is 18.7 Å². The van der Waals surface area contributed by atoms with Gasteiger partial charge < -0.3 is 20.1 Å². The molecule has 1 aromatic carbocycles. The second kappa shape index (κ2) is 12.4. The standard InChI is InChI=1S/C29H39N7O2/c1-22(37)30-13-15-36(28-26-10-12-31-27(26)32-21-33-28)25-9-5-8-24(20-25)29(38)35-18-16-34(17-19-35)14-11-23-6-3-2-4-7-23/h5,8-10,12,20-21,23H,2-4,6-7,11,13-19H2,1H3,(H,30,37)(H,31,32,33). The minimum atomic E-state index is -0.0822. The summed E-state index contributed by atoms with van der Waals surface area (Å²) in [6, 6.07) is 9.67. The summed E-state index contributed by atoms with van der Waals surface area (Å²) in [5, 5.41) is 3.76. The molecule has 1 aliphatic heterocycles. The number of nitrogens with zero attached hydrogens (tertiary/aromatic N) is 5. The smallest absolute Gasteiger partial charge is 0.254 e. The molecule has 0 atom stereocenters. The van der Waals surface area contributed by atoms with E-state index in [1.54, 1.807) is 0 Å². The molecular weight excluding hydrogens is 478 g/mol. The van der Waals surface area contributed by atoms with Crippen LogP contribution in [0, 0.1) is 5.92 Å². The molecule has 1 saturated carbocycles. The molecular formula is C29H39N7O2. The Labute approximate surface area is 224 Å². The van der Waals surface area contributed by atoms with Crippen LogP contribution in [0.4, 0.5) is 11.5 Å². The molecule has 2 fully saturated rings. The van der Waals surface area contributed by atoms with Crippen LogP contribution in [0.25, 0.3) is 11.0 Å². The van der Waals surface area contributed by atoms with Gasteiger partial charge in [0.15, 0.2) is 0 Å². The van der Waals surface area contributed by atoms with Gasteiger partial charge in [0.05, 0.1) is 5.39 Å². The maximum atomic E-state index is 13.5. The van der Waals surface area contributed by atoms with Gasteiger partial charge >= 0.3 is 0 Å². The molecule has 2 aromatic heterocycles. The molecule has 9 heteroatoms. The van der Waals surface area contributed by atoms with Crippen molar-refractivity contribution < 1.29 is 9.59 Å². The lowest BCUT2D eigenvalue weighted by Crippen LogP contribution is -2.49. The molecule has 38 heavy (non-hydrogen) atoms. The Balaban J connectivity index is 1.26. The molecule has 1 saturated heterocycles. The summed E-state index contributed by atoms with van der Waals surface area (Å²) in [6.07, 6.45) is 11.6. The molecule has 1 aliphatic carbocycles. The van der Waals surface area contributed by atoms with E-state index in [9.17, 15) is 9.59 Å².